The first kappa shape index (κ1) is 17.8. The van der Waals surface area contributed by atoms with Gasteiger partial charge in [-0.1, -0.05) is 26.7 Å². The molecule has 0 atom stereocenters. The Bertz CT molecular complexity index is 152. The van der Waals surface area contributed by atoms with E-state index < -0.39 is 7.82 Å². The molecule has 0 saturated heterocycles. The van der Waals surface area contributed by atoms with E-state index in [9.17, 15) is 4.57 Å². The van der Waals surface area contributed by atoms with E-state index in [1.165, 1.54) is 6.38 Å². The minimum atomic E-state index is -3.75. The summed E-state index contributed by atoms with van der Waals surface area (Å²) in [5.41, 5.74) is 0. The predicted octanol–water partition coefficient (Wildman–Crippen LogP) is 3.58. The van der Waals surface area contributed by atoms with Crippen molar-refractivity contribution in [3.63, 3.8) is 0 Å². The average molecular weight is 261 g/mol. The lowest BCUT2D eigenvalue weighted by Gasteiger charge is -2.10. The van der Waals surface area contributed by atoms with E-state index >= 15 is 0 Å². The Hall–Kier alpha value is 0.400. The Morgan fingerprint density at radius 1 is 1.07 bits per heavy atom. The summed E-state index contributed by atoms with van der Waals surface area (Å²) in [6.45, 7) is 4.56. The Morgan fingerprint density at radius 2 is 1.40 bits per heavy atom. The summed E-state index contributed by atoms with van der Waals surface area (Å²) in [5, 5.41) is 0. The molecule has 94 valence electrons. The molecule has 0 aromatic carbocycles. The molecular weight excluding hydrogens is 239 g/mol. The smallest absolute Gasteiger partial charge is 0.302 e. The van der Waals surface area contributed by atoms with Gasteiger partial charge in [0, 0.05) is 6.38 Å². The minimum Gasteiger partial charge on any atom is -0.302 e. The van der Waals surface area contributed by atoms with Gasteiger partial charge in [0.1, 0.15) is 0 Å². The monoisotopic (exact) mass is 260 g/mol. The lowest BCUT2D eigenvalue weighted by Crippen LogP contribution is -1.98. The molecule has 0 aromatic heterocycles. The third-order valence-electron chi connectivity index (χ3n) is 1.50. The number of halogens is 1. The van der Waals surface area contributed by atoms with Crippen LogP contribution in [0.3, 0.4) is 0 Å². The number of hydrogen-bond acceptors (Lipinski definition) is 3. The zero-order chi connectivity index (χ0) is 12.2. The van der Waals surface area contributed by atoms with E-state index in [-0.39, 0.29) is 13.2 Å². The molecule has 0 aliphatic heterocycles. The van der Waals surface area contributed by atoms with Crippen LogP contribution < -0.4 is 0 Å². The quantitative estimate of drug-likeness (QED) is 0.412. The van der Waals surface area contributed by atoms with Crippen LogP contribution in [0.1, 0.15) is 39.5 Å². The topological polar surface area (TPSA) is 55.8 Å². The second-order valence-corrected chi connectivity index (χ2v) is 4.30. The van der Waals surface area contributed by atoms with Crippen molar-refractivity contribution < 1.29 is 18.5 Å². The van der Waals surface area contributed by atoms with Gasteiger partial charge in [-0.3, -0.25) is 9.05 Å². The fraction of sp³-hybridized carbons (Fsp3) is 1.00. The number of unbranched alkanes of at least 4 members (excludes halogenated alkanes) is 2. The average Bonchev–Trinajstić information content (AvgIpc) is 2.21. The molecule has 6 heteroatoms. The Kier molecular flexibility index (Phi) is 14.8. The van der Waals surface area contributed by atoms with Crippen LogP contribution in [0.2, 0.25) is 0 Å². The van der Waals surface area contributed by atoms with Crippen molar-refractivity contribution in [2.45, 2.75) is 39.5 Å². The van der Waals surface area contributed by atoms with Gasteiger partial charge in [-0.2, -0.15) is 0 Å². The van der Waals surface area contributed by atoms with Crippen LogP contribution in [-0.4, -0.2) is 24.5 Å². The molecule has 0 spiro atoms. The second-order valence-electron chi connectivity index (χ2n) is 2.84. The van der Waals surface area contributed by atoms with E-state index in [2.05, 4.69) is 11.6 Å². The molecule has 4 nitrogen and oxygen atoms in total. The van der Waals surface area contributed by atoms with Crippen LogP contribution in [0.15, 0.2) is 0 Å². The molecule has 0 unspecified atom stereocenters. The highest BCUT2D eigenvalue weighted by Gasteiger charge is 2.19. The lowest BCUT2D eigenvalue weighted by molar-refractivity contribution is 0.146. The summed E-state index contributed by atoms with van der Waals surface area (Å²) in [4.78, 5) is 9.08. The van der Waals surface area contributed by atoms with Crippen molar-refractivity contribution in [1.82, 2.24) is 0 Å². The molecule has 0 radical (unpaired) electrons. The first-order valence-corrected chi connectivity index (χ1v) is 7.37. The Morgan fingerprint density at radius 3 is 1.67 bits per heavy atom. The van der Waals surface area contributed by atoms with Gasteiger partial charge in [-0.15, -0.1) is 11.6 Å². The van der Waals surface area contributed by atoms with Crippen molar-refractivity contribution in [3.05, 3.63) is 0 Å². The van der Waals surface area contributed by atoms with Gasteiger partial charge < -0.3 is 4.89 Å². The Labute approximate surface area is 97.5 Å². The molecule has 0 heterocycles. The van der Waals surface area contributed by atoms with Crippen LogP contribution in [0, 0.1) is 0 Å². The van der Waals surface area contributed by atoms with Crippen molar-refractivity contribution in [2.24, 2.45) is 0 Å². The van der Waals surface area contributed by atoms with Gasteiger partial charge in [-0.05, 0) is 12.8 Å². The van der Waals surface area contributed by atoms with Gasteiger partial charge in [-0.25, -0.2) is 4.57 Å². The van der Waals surface area contributed by atoms with E-state index in [1.807, 2.05) is 13.8 Å². The summed E-state index contributed by atoms with van der Waals surface area (Å²) < 4.78 is 20.5. The maximum Gasteiger partial charge on any atom is 0.472 e. The molecule has 0 aliphatic carbocycles. The molecule has 0 aromatic rings. The van der Waals surface area contributed by atoms with Crippen molar-refractivity contribution in [1.29, 1.82) is 0 Å². The van der Waals surface area contributed by atoms with Crippen LogP contribution in [0.4, 0.5) is 0 Å². The maximum atomic E-state index is 11.1. The molecule has 0 bridgehead atoms. The number of phosphoric ester groups is 1. The molecular formula is C9H22ClO4P. The van der Waals surface area contributed by atoms with Crippen LogP contribution in [0.25, 0.3) is 0 Å². The van der Waals surface area contributed by atoms with Crippen molar-refractivity contribution >= 4 is 19.4 Å². The number of rotatable bonds is 8. The first-order valence-electron chi connectivity index (χ1n) is 5.12. The van der Waals surface area contributed by atoms with Gasteiger partial charge in [0.05, 0.1) is 13.2 Å². The number of phosphoric acid groups is 1. The number of hydrogen-bond donors (Lipinski definition) is 1. The molecule has 0 saturated carbocycles. The molecule has 0 fully saturated rings. The van der Waals surface area contributed by atoms with Gasteiger partial charge in [0.25, 0.3) is 0 Å². The molecule has 0 rings (SSSR count). The van der Waals surface area contributed by atoms with E-state index in [0.29, 0.717) is 0 Å². The summed E-state index contributed by atoms with van der Waals surface area (Å²) >= 11 is 4.64. The highest BCUT2D eigenvalue weighted by atomic mass is 35.5. The Balaban J connectivity index is 0. The SMILES string of the molecule is CCCCOP(=O)(O)OCCCC.CCl. The lowest BCUT2D eigenvalue weighted by atomic mass is 10.4. The zero-order valence-corrected chi connectivity index (χ0v) is 11.4. The van der Waals surface area contributed by atoms with E-state index in [1.54, 1.807) is 0 Å². The fourth-order valence-electron chi connectivity index (χ4n) is 0.686. The minimum absolute atomic E-state index is 0.288. The first-order chi connectivity index (χ1) is 7.12. The molecule has 0 aliphatic rings. The second kappa shape index (κ2) is 12.5. The standard InChI is InChI=1S/C8H19O4P.CH3Cl/c1-3-5-7-11-13(9,10)12-8-6-4-2;1-2/h3-8H2,1-2H3,(H,9,10);1H3. The largest absolute Gasteiger partial charge is 0.472 e. The zero-order valence-electron chi connectivity index (χ0n) is 9.74. The molecule has 1 N–H and O–H groups in total. The van der Waals surface area contributed by atoms with Gasteiger partial charge in [0.2, 0.25) is 0 Å². The molecule has 15 heavy (non-hydrogen) atoms. The number of alkyl halides is 1. The molecule has 0 amide bonds. The predicted molar refractivity (Wildman–Crippen MR) is 63.3 cm³/mol. The maximum absolute atomic E-state index is 11.1. The van der Waals surface area contributed by atoms with Crippen LogP contribution in [-0.2, 0) is 13.6 Å². The summed E-state index contributed by atoms with van der Waals surface area (Å²) in [5.74, 6) is 0. The van der Waals surface area contributed by atoms with Crippen LogP contribution >= 0.6 is 19.4 Å². The van der Waals surface area contributed by atoms with Gasteiger partial charge in [0.15, 0.2) is 0 Å². The fourth-order valence-corrected chi connectivity index (χ4v) is 1.48. The summed E-state index contributed by atoms with van der Waals surface area (Å²) in [6, 6.07) is 0. The van der Waals surface area contributed by atoms with Crippen LogP contribution in [0.5, 0.6) is 0 Å². The normalized spacial score (nSPS) is 10.7. The highest BCUT2D eigenvalue weighted by Crippen LogP contribution is 2.43. The van der Waals surface area contributed by atoms with E-state index in [4.69, 9.17) is 13.9 Å². The van der Waals surface area contributed by atoms with Gasteiger partial charge >= 0.3 is 7.82 Å². The third kappa shape index (κ3) is 14.4. The highest BCUT2D eigenvalue weighted by molar-refractivity contribution is 7.47. The summed E-state index contributed by atoms with van der Waals surface area (Å²) in [6.07, 6.45) is 4.91. The van der Waals surface area contributed by atoms with Crippen molar-refractivity contribution in [2.75, 3.05) is 19.6 Å². The third-order valence-corrected chi connectivity index (χ3v) is 2.52. The van der Waals surface area contributed by atoms with E-state index in [0.717, 1.165) is 25.7 Å². The summed E-state index contributed by atoms with van der Waals surface area (Å²) in [7, 11) is -3.75. The van der Waals surface area contributed by atoms with Crippen molar-refractivity contribution in [3.8, 4) is 0 Å².